The number of benzene rings is 1. The Morgan fingerprint density at radius 2 is 2.08 bits per heavy atom. The van der Waals surface area contributed by atoms with E-state index in [9.17, 15) is 18.0 Å². The minimum atomic E-state index is -3.28. The molecule has 2 amide bonds. The van der Waals surface area contributed by atoms with Crippen LogP contribution in [0.5, 0.6) is 0 Å². The summed E-state index contributed by atoms with van der Waals surface area (Å²) in [7, 11) is -3.28. The molecule has 0 bridgehead atoms. The van der Waals surface area contributed by atoms with Crippen molar-refractivity contribution in [2.45, 2.75) is 48.4 Å². The van der Waals surface area contributed by atoms with Crippen LogP contribution in [0.15, 0.2) is 23.1 Å². The van der Waals surface area contributed by atoms with Crippen LogP contribution in [0, 0.1) is 0 Å². The van der Waals surface area contributed by atoms with Gasteiger partial charge in [0.25, 0.3) is 5.91 Å². The standard InChI is InChI=1S/C18H22N2O4S2/c1-18-8-7-16(21)20(18)15(11-25-18)17(22)19-9-3-4-12-10-13(26(2,23)24)5-6-14(12)19/h5-6,10,15H,3-4,7-9,11H2,1-2H3. The third-order valence-electron chi connectivity index (χ3n) is 5.59. The third-order valence-corrected chi connectivity index (χ3v) is 8.21. The van der Waals surface area contributed by atoms with E-state index >= 15 is 0 Å². The van der Waals surface area contributed by atoms with Crippen LogP contribution in [0.4, 0.5) is 5.69 Å². The van der Waals surface area contributed by atoms with Crippen molar-refractivity contribution >= 4 is 39.1 Å². The summed E-state index contributed by atoms with van der Waals surface area (Å²) >= 11 is 1.68. The highest BCUT2D eigenvalue weighted by molar-refractivity contribution is 8.01. The number of carbonyl (C=O) groups excluding carboxylic acids is 2. The summed E-state index contributed by atoms with van der Waals surface area (Å²) in [5.41, 5.74) is 1.66. The number of hydrogen-bond donors (Lipinski definition) is 0. The van der Waals surface area contributed by atoms with E-state index in [0.29, 0.717) is 18.7 Å². The fourth-order valence-corrected chi connectivity index (χ4v) is 6.31. The first kappa shape index (κ1) is 17.9. The number of hydrogen-bond acceptors (Lipinski definition) is 5. The van der Waals surface area contributed by atoms with Gasteiger partial charge in [-0.25, -0.2) is 8.42 Å². The Bertz CT molecular complexity index is 898. The molecule has 2 fully saturated rings. The van der Waals surface area contributed by atoms with Crippen LogP contribution in [0.25, 0.3) is 0 Å². The van der Waals surface area contributed by atoms with Gasteiger partial charge in [0.1, 0.15) is 6.04 Å². The van der Waals surface area contributed by atoms with E-state index in [1.807, 2.05) is 6.92 Å². The fourth-order valence-electron chi connectivity index (χ4n) is 4.22. The largest absolute Gasteiger partial charge is 0.315 e. The SMILES string of the molecule is CC12CCC(=O)N1C(C(=O)N1CCCc3cc(S(C)(=O)=O)ccc31)CS2. The van der Waals surface area contributed by atoms with E-state index in [2.05, 4.69) is 0 Å². The molecule has 3 heterocycles. The van der Waals surface area contributed by atoms with Crippen LogP contribution in [0.2, 0.25) is 0 Å². The van der Waals surface area contributed by atoms with Gasteiger partial charge in [0.05, 0.1) is 9.77 Å². The van der Waals surface area contributed by atoms with E-state index in [1.165, 1.54) is 6.26 Å². The number of anilines is 1. The molecule has 2 saturated heterocycles. The average molecular weight is 395 g/mol. The molecular weight excluding hydrogens is 372 g/mol. The Morgan fingerprint density at radius 1 is 1.31 bits per heavy atom. The van der Waals surface area contributed by atoms with Crippen molar-refractivity contribution in [3.05, 3.63) is 23.8 Å². The molecule has 0 aromatic heterocycles. The van der Waals surface area contributed by atoms with Crippen molar-refractivity contribution in [1.29, 1.82) is 0 Å². The smallest absolute Gasteiger partial charge is 0.250 e. The van der Waals surface area contributed by atoms with Gasteiger partial charge >= 0.3 is 0 Å². The first-order valence-electron chi connectivity index (χ1n) is 8.81. The van der Waals surface area contributed by atoms with Gasteiger partial charge in [-0.3, -0.25) is 9.59 Å². The van der Waals surface area contributed by atoms with Crippen LogP contribution >= 0.6 is 11.8 Å². The maximum atomic E-state index is 13.3. The van der Waals surface area contributed by atoms with E-state index in [0.717, 1.165) is 30.5 Å². The third kappa shape index (κ3) is 2.74. The number of carbonyl (C=O) groups is 2. The normalized spacial score (nSPS) is 28.2. The van der Waals surface area contributed by atoms with E-state index in [4.69, 9.17) is 0 Å². The zero-order valence-corrected chi connectivity index (χ0v) is 16.5. The van der Waals surface area contributed by atoms with Gasteiger partial charge in [0.2, 0.25) is 5.91 Å². The topological polar surface area (TPSA) is 74.8 Å². The summed E-state index contributed by atoms with van der Waals surface area (Å²) < 4.78 is 23.6. The van der Waals surface area contributed by atoms with Gasteiger partial charge in [-0.05, 0) is 49.9 Å². The van der Waals surface area contributed by atoms with Crippen LogP contribution in [0.3, 0.4) is 0 Å². The predicted octanol–water partition coefficient (Wildman–Crippen LogP) is 1.82. The summed E-state index contributed by atoms with van der Waals surface area (Å²) in [6.45, 7) is 2.64. The molecule has 26 heavy (non-hydrogen) atoms. The molecule has 6 nitrogen and oxygen atoms in total. The molecule has 1 aromatic carbocycles. The Hall–Kier alpha value is -1.54. The zero-order chi connectivity index (χ0) is 18.7. The molecule has 0 radical (unpaired) electrons. The summed E-state index contributed by atoms with van der Waals surface area (Å²) in [6, 6.07) is 4.54. The molecule has 2 atom stereocenters. The van der Waals surface area contributed by atoms with Gasteiger partial charge < -0.3 is 9.80 Å². The number of aryl methyl sites for hydroxylation is 1. The molecule has 0 aliphatic carbocycles. The second-order valence-corrected chi connectivity index (χ2v) is 10.9. The summed E-state index contributed by atoms with van der Waals surface area (Å²) in [6.07, 6.45) is 4.02. The highest BCUT2D eigenvalue weighted by Crippen LogP contribution is 2.48. The monoisotopic (exact) mass is 394 g/mol. The van der Waals surface area contributed by atoms with Crippen LogP contribution in [-0.4, -0.2) is 54.6 Å². The first-order chi connectivity index (χ1) is 12.2. The van der Waals surface area contributed by atoms with Gasteiger partial charge in [-0.15, -0.1) is 11.8 Å². The predicted molar refractivity (Wildman–Crippen MR) is 101 cm³/mol. The molecule has 0 saturated carbocycles. The van der Waals surface area contributed by atoms with Gasteiger partial charge in [-0.1, -0.05) is 0 Å². The maximum Gasteiger partial charge on any atom is 0.250 e. The molecular formula is C18H22N2O4S2. The van der Waals surface area contributed by atoms with Crippen LogP contribution in [-0.2, 0) is 25.8 Å². The Labute approximate surface area is 157 Å². The lowest BCUT2D eigenvalue weighted by Gasteiger charge is -2.35. The van der Waals surface area contributed by atoms with Gasteiger partial charge in [0, 0.05) is 30.7 Å². The Morgan fingerprint density at radius 3 is 2.81 bits per heavy atom. The highest BCUT2D eigenvalue weighted by Gasteiger charge is 2.53. The van der Waals surface area contributed by atoms with Crippen molar-refractivity contribution in [3.63, 3.8) is 0 Å². The molecule has 0 spiro atoms. The van der Waals surface area contributed by atoms with Crippen molar-refractivity contribution < 1.29 is 18.0 Å². The minimum absolute atomic E-state index is 0.0514. The van der Waals surface area contributed by atoms with Crippen molar-refractivity contribution in [2.24, 2.45) is 0 Å². The number of sulfone groups is 1. The van der Waals surface area contributed by atoms with Crippen molar-refractivity contribution in [3.8, 4) is 0 Å². The molecule has 140 valence electrons. The quantitative estimate of drug-likeness (QED) is 0.765. The molecule has 2 unspecified atom stereocenters. The second kappa shape index (κ2) is 5.99. The lowest BCUT2D eigenvalue weighted by molar-refractivity contribution is -0.136. The van der Waals surface area contributed by atoms with E-state index in [-0.39, 0.29) is 21.6 Å². The summed E-state index contributed by atoms with van der Waals surface area (Å²) in [4.78, 5) is 29.1. The number of thioether (sulfide) groups is 1. The molecule has 8 heteroatoms. The number of fused-ring (bicyclic) bond motifs is 2. The molecule has 4 rings (SSSR count). The minimum Gasteiger partial charge on any atom is -0.315 e. The molecule has 1 aromatic rings. The van der Waals surface area contributed by atoms with Crippen molar-refractivity contribution in [2.75, 3.05) is 23.5 Å². The highest BCUT2D eigenvalue weighted by atomic mass is 32.2. The molecule has 0 N–H and O–H groups in total. The second-order valence-electron chi connectivity index (χ2n) is 7.42. The number of nitrogens with zero attached hydrogens (tertiary/aromatic N) is 2. The van der Waals surface area contributed by atoms with Crippen LogP contribution < -0.4 is 4.90 Å². The molecule has 3 aliphatic rings. The van der Waals surface area contributed by atoms with Crippen molar-refractivity contribution in [1.82, 2.24) is 4.90 Å². The van der Waals surface area contributed by atoms with Gasteiger partial charge in [0.15, 0.2) is 9.84 Å². The number of rotatable bonds is 2. The van der Waals surface area contributed by atoms with Gasteiger partial charge in [-0.2, -0.15) is 0 Å². The fraction of sp³-hybridized carbons (Fsp3) is 0.556. The Kier molecular flexibility index (Phi) is 4.11. The van der Waals surface area contributed by atoms with E-state index in [1.54, 1.807) is 39.8 Å². The molecule has 3 aliphatic heterocycles. The number of amides is 2. The van der Waals surface area contributed by atoms with Crippen LogP contribution in [0.1, 0.15) is 31.7 Å². The lowest BCUT2D eigenvalue weighted by atomic mass is 10.0. The van der Waals surface area contributed by atoms with E-state index < -0.39 is 15.9 Å². The maximum absolute atomic E-state index is 13.3. The Balaban J connectivity index is 1.66. The summed E-state index contributed by atoms with van der Waals surface area (Å²) in [5.74, 6) is 0.624. The first-order valence-corrected chi connectivity index (χ1v) is 11.7. The zero-order valence-electron chi connectivity index (χ0n) is 14.9. The summed E-state index contributed by atoms with van der Waals surface area (Å²) in [5, 5.41) is 0. The average Bonchev–Trinajstić information content (AvgIpc) is 3.09. The lowest BCUT2D eigenvalue weighted by Crippen LogP contribution is -2.52.